The Morgan fingerprint density at radius 3 is 2.41 bits per heavy atom. The Bertz CT molecular complexity index is 836. The third kappa shape index (κ3) is 4.92. The zero-order valence-corrected chi connectivity index (χ0v) is 15.6. The highest BCUT2D eigenvalue weighted by atomic mass is 32.2. The molecule has 0 unspecified atom stereocenters. The van der Waals surface area contributed by atoms with Gasteiger partial charge in [-0.25, -0.2) is 0 Å². The third-order valence-corrected chi connectivity index (χ3v) is 5.56. The Morgan fingerprint density at radius 2 is 1.74 bits per heavy atom. The number of hydrogen-bond acceptors (Lipinski definition) is 7. The maximum atomic E-state index is 12.6. The fraction of sp³-hybridized carbons (Fsp3) is 0.368. The van der Waals surface area contributed by atoms with Gasteiger partial charge in [-0.3, -0.25) is 4.18 Å². The highest BCUT2D eigenvalue weighted by Crippen LogP contribution is 2.25. The van der Waals surface area contributed by atoms with Gasteiger partial charge in [-0.15, -0.1) is 0 Å². The lowest BCUT2D eigenvalue weighted by atomic mass is 10.1. The predicted octanol–water partition coefficient (Wildman–Crippen LogP) is 1.36. The molecule has 146 valence electrons. The van der Waals surface area contributed by atoms with Gasteiger partial charge in [0, 0.05) is 0 Å². The zero-order chi connectivity index (χ0) is 19.4. The molecule has 3 rings (SSSR count). The van der Waals surface area contributed by atoms with Gasteiger partial charge in [-0.2, -0.15) is 8.42 Å². The number of aliphatic hydroxyl groups is 2. The van der Waals surface area contributed by atoms with Gasteiger partial charge in [0.05, 0.1) is 18.1 Å². The van der Waals surface area contributed by atoms with Gasteiger partial charge >= 0.3 is 0 Å². The van der Waals surface area contributed by atoms with Crippen LogP contribution in [0.5, 0.6) is 0 Å². The number of ether oxygens (including phenoxy) is 2. The van der Waals surface area contributed by atoms with E-state index in [1.54, 1.807) is 12.1 Å². The molecule has 0 radical (unpaired) electrons. The summed E-state index contributed by atoms with van der Waals surface area (Å²) in [5.41, 5.74) is 1.75. The lowest BCUT2D eigenvalue weighted by Gasteiger charge is -2.37. The Labute approximate surface area is 158 Å². The highest BCUT2D eigenvalue weighted by molar-refractivity contribution is 7.86. The van der Waals surface area contributed by atoms with Crippen molar-refractivity contribution in [3.05, 3.63) is 65.7 Å². The molecular formula is C19H22O7S. The molecule has 0 saturated carbocycles. The van der Waals surface area contributed by atoms with Gasteiger partial charge in [0.15, 0.2) is 12.4 Å². The summed E-state index contributed by atoms with van der Waals surface area (Å²) in [5.74, 6) is 0. The van der Waals surface area contributed by atoms with Gasteiger partial charge in [0.2, 0.25) is 0 Å². The van der Waals surface area contributed by atoms with Crippen LogP contribution in [0.3, 0.4) is 0 Å². The van der Waals surface area contributed by atoms with E-state index in [1.807, 2.05) is 37.3 Å². The molecule has 2 aromatic rings. The topological polar surface area (TPSA) is 102 Å². The number of hydrogen-bond donors (Lipinski definition) is 2. The van der Waals surface area contributed by atoms with Gasteiger partial charge in [-0.05, 0) is 24.6 Å². The average Bonchev–Trinajstić information content (AvgIpc) is 2.66. The summed E-state index contributed by atoms with van der Waals surface area (Å²) in [7, 11) is -4.18. The average molecular weight is 394 g/mol. The van der Waals surface area contributed by atoms with E-state index in [-0.39, 0.29) is 18.1 Å². The van der Waals surface area contributed by atoms with Crippen molar-refractivity contribution < 1.29 is 32.3 Å². The molecule has 4 atom stereocenters. The Morgan fingerprint density at radius 1 is 1.07 bits per heavy atom. The van der Waals surface area contributed by atoms with E-state index in [1.165, 1.54) is 12.1 Å². The Kier molecular flexibility index (Phi) is 6.25. The number of aliphatic hydroxyl groups excluding tert-OH is 2. The summed E-state index contributed by atoms with van der Waals surface area (Å²) in [5, 5.41) is 20.1. The van der Waals surface area contributed by atoms with E-state index in [4.69, 9.17) is 13.7 Å². The van der Waals surface area contributed by atoms with E-state index in [0.29, 0.717) is 0 Å². The standard InChI is InChI=1S/C19H22O7S/c1-13-7-9-15(10-8-13)27(22,23)26-18-17(21)16(20)12-25-19(18)24-11-14-5-3-2-4-6-14/h2-10,16-21H,11-12H2,1H3/t16-,17+,18-,19+/m0/s1. The zero-order valence-electron chi connectivity index (χ0n) is 14.8. The summed E-state index contributed by atoms with van der Waals surface area (Å²) in [4.78, 5) is -0.0535. The molecule has 1 heterocycles. The molecule has 0 aromatic heterocycles. The third-order valence-electron chi connectivity index (χ3n) is 4.23. The van der Waals surface area contributed by atoms with Crippen molar-refractivity contribution in [3.63, 3.8) is 0 Å². The summed E-state index contributed by atoms with van der Waals surface area (Å²) in [6.07, 6.45) is -5.30. The molecule has 1 aliphatic rings. The Hall–Kier alpha value is -1.81. The van der Waals surface area contributed by atoms with Gasteiger partial charge < -0.3 is 19.7 Å². The van der Waals surface area contributed by atoms with Crippen LogP contribution in [0.4, 0.5) is 0 Å². The fourth-order valence-electron chi connectivity index (χ4n) is 2.67. The van der Waals surface area contributed by atoms with Crippen molar-refractivity contribution >= 4 is 10.1 Å². The van der Waals surface area contributed by atoms with Crippen molar-refractivity contribution in [1.29, 1.82) is 0 Å². The van der Waals surface area contributed by atoms with Crippen LogP contribution in [0.2, 0.25) is 0 Å². The molecule has 2 N–H and O–H groups in total. The van der Waals surface area contributed by atoms with Gasteiger partial charge in [-0.1, -0.05) is 48.0 Å². The number of rotatable bonds is 6. The van der Waals surface area contributed by atoms with Crippen molar-refractivity contribution in [3.8, 4) is 0 Å². The van der Waals surface area contributed by atoms with Crippen molar-refractivity contribution in [2.75, 3.05) is 6.61 Å². The van der Waals surface area contributed by atoms with Crippen LogP contribution < -0.4 is 0 Å². The lowest BCUT2D eigenvalue weighted by molar-refractivity contribution is -0.266. The molecule has 2 aromatic carbocycles. The van der Waals surface area contributed by atoms with E-state index in [0.717, 1.165) is 11.1 Å². The van der Waals surface area contributed by atoms with Crippen molar-refractivity contribution in [2.45, 2.75) is 43.0 Å². The van der Waals surface area contributed by atoms with Crippen LogP contribution in [0, 0.1) is 6.92 Å². The Balaban J connectivity index is 1.76. The highest BCUT2D eigenvalue weighted by Gasteiger charge is 2.43. The molecule has 1 aliphatic heterocycles. The summed E-state index contributed by atoms with van der Waals surface area (Å²) in [6.45, 7) is 1.78. The van der Waals surface area contributed by atoms with E-state index in [2.05, 4.69) is 0 Å². The molecule has 0 amide bonds. The number of benzene rings is 2. The lowest BCUT2D eigenvalue weighted by Crippen LogP contribution is -2.55. The molecule has 0 aliphatic carbocycles. The summed E-state index contributed by atoms with van der Waals surface area (Å²) in [6, 6.07) is 15.3. The summed E-state index contributed by atoms with van der Waals surface area (Å²) < 4.78 is 41.3. The molecule has 0 bridgehead atoms. The normalized spacial score (nSPS) is 26.0. The van der Waals surface area contributed by atoms with E-state index < -0.39 is 34.7 Å². The molecule has 0 spiro atoms. The first-order valence-corrected chi connectivity index (χ1v) is 9.91. The molecule has 1 saturated heterocycles. The number of aryl methyl sites for hydroxylation is 1. The second-order valence-electron chi connectivity index (χ2n) is 6.38. The molecule has 8 heteroatoms. The van der Waals surface area contributed by atoms with Crippen molar-refractivity contribution in [1.82, 2.24) is 0 Å². The fourth-order valence-corrected chi connectivity index (χ4v) is 3.75. The smallest absolute Gasteiger partial charge is 0.297 e. The first-order chi connectivity index (χ1) is 12.9. The molecule has 7 nitrogen and oxygen atoms in total. The van der Waals surface area contributed by atoms with Gasteiger partial charge in [0.25, 0.3) is 10.1 Å². The monoisotopic (exact) mass is 394 g/mol. The van der Waals surface area contributed by atoms with E-state index >= 15 is 0 Å². The molecule has 1 fully saturated rings. The van der Waals surface area contributed by atoms with Crippen molar-refractivity contribution in [2.24, 2.45) is 0 Å². The minimum Gasteiger partial charge on any atom is -0.388 e. The largest absolute Gasteiger partial charge is 0.388 e. The second kappa shape index (κ2) is 8.47. The minimum absolute atomic E-state index is 0.0535. The first-order valence-electron chi connectivity index (χ1n) is 8.50. The van der Waals surface area contributed by atoms with Crippen LogP contribution in [-0.2, 0) is 30.4 Å². The van der Waals surface area contributed by atoms with Crippen LogP contribution in [-0.4, -0.2) is 49.8 Å². The maximum Gasteiger partial charge on any atom is 0.297 e. The van der Waals surface area contributed by atoms with Crippen LogP contribution in [0.15, 0.2) is 59.5 Å². The van der Waals surface area contributed by atoms with Gasteiger partial charge in [0.1, 0.15) is 12.2 Å². The minimum atomic E-state index is -4.18. The van der Waals surface area contributed by atoms with Crippen LogP contribution in [0.25, 0.3) is 0 Å². The quantitative estimate of drug-likeness (QED) is 0.713. The van der Waals surface area contributed by atoms with Crippen LogP contribution in [0.1, 0.15) is 11.1 Å². The predicted molar refractivity (Wildman–Crippen MR) is 96.2 cm³/mol. The maximum absolute atomic E-state index is 12.6. The molecular weight excluding hydrogens is 372 g/mol. The summed E-state index contributed by atoms with van der Waals surface area (Å²) >= 11 is 0. The first kappa shape index (κ1) is 19.9. The van der Waals surface area contributed by atoms with E-state index in [9.17, 15) is 18.6 Å². The molecule has 27 heavy (non-hydrogen) atoms. The second-order valence-corrected chi connectivity index (χ2v) is 7.96. The SMILES string of the molecule is Cc1ccc(S(=O)(=O)O[C@@H]2[C@H](OCc3ccccc3)OC[C@H](O)[C@H]2O)cc1. The van der Waals surface area contributed by atoms with Crippen LogP contribution >= 0.6 is 0 Å².